The molecule has 3 heteroatoms. The van der Waals surface area contributed by atoms with Gasteiger partial charge in [0.1, 0.15) is 17.8 Å². The van der Waals surface area contributed by atoms with Gasteiger partial charge in [-0.1, -0.05) is 12.1 Å². The number of ether oxygens (including phenoxy) is 2. The molecule has 0 unspecified atom stereocenters. The SMILES string of the molecule is COCc1cccc(Oc2ccc(C=O)cc2)c1. The highest BCUT2D eigenvalue weighted by Crippen LogP contribution is 2.22. The second-order valence-corrected chi connectivity index (χ2v) is 3.87. The minimum absolute atomic E-state index is 0.557. The van der Waals surface area contributed by atoms with Crippen LogP contribution in [0.5, 0.6) is 11.5 Å². The fourth-order valence-electron chi connectivity index (χ4n) is 1.62. The van der Waals surface area contributed by atoms with E-state index in [9.17, 15) is 4.79 Å². The van der Waals surface area contributed by atoms with Gasteiger partial charge in [0.2, 0.25) is 0 Å². The third-order valence-electron chi connectivity index (χ3n) is 2.46. The van der Waals surface area contributed by atoms with Gasteiger partial charge in [0.05, 0.1) is 6.61 Å². The summed E-state index contributed by atoms with van der Waals surface area (Å²) in [5.74, 6) is 1.46. The molecule has 0 aliphatic rings. The Morgan fingerprint density at radius 1 is 1.06 bits per heavy atom. The number of benzene rings is 2. The summed E-state index contributed by atoms with van der Waals surface area (Å²) < 4.78 is 10.8. The molecule has 0 saturated carbocycles. The Hall–Kier alpha value is -2.13. The maximum Gasteiger partial charge on any atom is 0.150 e. The molecule has 0 radical (unpaired) electrons. The summed E-state index contributed by atoms with van der Waals surface area (Å²) in [7, 11) is 1.66. The van der Waals surface area contributed by atoms with Crippen LogP contribution in [0.25, 0.3) is 0 Å². The van der Waals surface area contributed by atoms with Crippen molar-refractivity contribution in [2.24, 2.45) is 0 Å². The van der Waals surface area contributed by atoms with E-state index in [0.29, 0.717) is 17.9 Å². The molecule has 0 heterocycles. The predicted octanol–water partition coefficient (Wildman–Crippen LogP) is 3.44. The van der Waals surface area contributed by atoms with Crippen molar-refractivity contribution in [3.8, 4) is 11.5 Å². The topological polar surface area (TPSA) is 35.5 Å². The first-order chi connectivity index (χ1) is 8.81. The van der Waals surface area contributed by atoms with Crippen molar-refractivity contribution in [3.63, 3.8) is 0 Å². The lowest BCUT2D eigenvalue weighted by Crippen LogP contribution is -1.89. The molecule has 18 heavy (non-hydrogen) atoms. The third kappa shape index (κ3) is 3.18. The van der Waals surface area contributed by atoms with E-state index in [1.165, 1.54) is 0 Å². The standard InChI is InChI=1S/C15H14O3/c1-17-11-13-3-2-4-15(9-13)18-14-7-5-12(10-16)6-8-14/h2-10H,11H2,1H3. The first-order valence-electron chi connectivity index (χ1n) is 5.63. The maximum atomic E-state index is 10.5. The van der Waals surface area contributed by atoms with Crippen LogP contribution in [0.4, 0.5) is 0 Å². The second kappa shape index (κ2) is 5.98. The van der Waals surface area contributed by atoms with Gasteiger partial charge in [-0.15, -0.1) is 0 Å². The molecule has 0 fully saturated rings. The first-order valence-corrected chi connectivity index (χ1v) is 5.63. The molecule has 0 aliphatic carbocycles. The highest BCUT2D eigenvalue weighted by molar-refractivity contribution is 5.74. The van der Waals surface area contributed by atoms with Gasteiger partial charge >= 0.3 is 0 Å². The molecular formula is C15H14O3. The van der Waals surface area contributed by atoms with E-state index in [0.717, 1.165) is 17.6 Å². The molecule has 0 spiro atoms. The lowest BCUT2D eigenvalue weighted by molar-refractivity contribution is 0.112. The van der Waals surface area contributed by atoms with E-state index < -0.39 is 0 Å². The van der Waals surface area contributed by atoms with Gasteiger partial charge in [-0.25, -0.2) is 0 Å². The highest BCUT2D eigenvalue weighted by atomic mass is 16.5. The van der Waals surface area contributed by atoms with Crippen LogP contribution in [-0.2, 0) is 11.3 Å². The van der Waals surface area contributed by atoms with E-state index in [-0.39, 0.29) is 0 Å². The number of carbonyl (C=O) groups is 1. The molecule has 0 aromatic heterocycles. The lowest BCUT2D eigenvalue weighted by atomic mass is 10.2. The fourth-order valence-corrected chi connectivity index (χ4v) is 1.62. The van der Waals surface area contributed by atoms with Crippen LogP contribution in [0, 0.1) is 0 Å². The molecule has 92 valence electrons. The molecule has 0 aliphatic heterocycles. The van der Waals surface area contributed by atoms with Gasteiger partial charge in [-0.05, 0) is 42.0 Å². The van der Waals surface area contributed by atoms with Gasteiger partial charge in [0.25, 0.3) is 0 Å². The average molecular weight is 242 g/mol. The van der Waals surface area contributed by atoms with Crippen LogP contribution >= 0.6 is 0 Å². The van der Waals surface area contributed by atoms with E-state index in [1.54, 1.807) is 31.4 Å². The highest BCUT2D eigenvalue weighted by Gasteiger charge is 1.99. The Labute approximate surface area is 106 Å². The van der Waals surface area contributed by atoms with Crippen molar-refractivity contribution in [2.75, 3.05) is 7.11 Å². The van der Waals surface area contributed by atoms with Gasteiger partial charge in [-0.3, -0.25) is 4.79 Å². The van der Waals surface area contributed by atoms with Gasteiger partial charge in [0, 0.05) is 12.7 Å². The van der Waals surface area contributed by atoms with Crippen LogP contribution in [0.1, 0.15) is 15.9 Å². The van der Waals surface area contributed by atoms with Gasteiger partial charge < -0.3 is 9.47 Å². The van der Waals surface area contributed by atoms with E-state index in [1.807, 2.05) is 24.3 Å². The van der Waals surface area contributed by atoms with Crippen LogP contribution in [-0.4, -0.2) is 13.4 Å². The molecular weight excluding hydrogens is 228 g/mol. The van der Waals surface area contributed by atoms with E-state index in [4.69, 9.17) is 9.47 Å². The van der Waals surface area contributed by atoms with Crippen LogP contribution in [0.2, 0.25) is 0 Å². The quantitative estimate of drug-likeness (QED) is 0.753. The Bertz CT molecular complexity index is 518. The zero-order chi connectivity index (χ0) is 12.8. The molecule has 0 saturated heterocycles. The second-order valence-electron chi connectivity index (χ2n) is 3.87. The van der Waals surface area contributed by atoms with E-state index in [2.05, 4.69) is 0 Å². The van der Waals surface area contributed by atoms with Gasteiger partial charge in [0.15, 0.2) is 0 Å². The number of hydrogen-bond donors (Lipinski definition) is 0. The Morgan fingerprint density at radius 2 is 1.83 bits per heavy atom. The van der Waals surface area contributed by atoms with Crippen molar-refractivity contribution in [1.82, 2.24) is 0 Å². The summed E-state index contributed by atoms with van der Waals surface area (Å²) >= 11 is 0. The minimum atomic E-state index is 0.557. The molecule has 2 aromatic carbocycles. The summed E-state index contributed by atoms with van der Waals surface area (Å²) in [5, 5.41) is 0. The minimum Gasteiger partial charge on any atom is -0.457 e. The zero-order valence-electron chi connectivity index (χ0n) is 10.1. The smallest absolute Gasteiger partial charge is 0.150 e. The summed E-state index contributed by atoms with van der Waals surface area (Å²) in [6, 6.07) is 14.7. The van der Waals surface area contributed by atoms with Crippen molar-refractivity contribution >= 4 is 6.29 Å². The third-order valence-corrected chi connectivity index (χ3v) is 2.46. The molecule has 0 atom stereocenters. The number of methoxy groups -OCH3 is 1. The molecule has 0 amide bonds. The molecule has 2 aromatic rings. The molecule has 2 rings (SSSR count). The normalized spacial score (nSPS) is 10.1. The average Bonchev–Trinajstić information content (AvgIpc) is 2.40. The number of aldehydes is 1. The first kappa shape index (κ1) is 12.3. The van der Waals surface area contributed by atoms with Crippen LogP contribution in [0.15, 0.2) is 48.5 Å². The number of rotatable bonds is 5. The van der Waals surface area contributed by atoms with Crippen molar-refractivity contribution in [2.45, 2.75) is 6.61 Å². The summed E-state index contributed by atoms with van der Waals surface area (Å²) in [5.41, 5.74) is 1.69. The Morgan fingerprint density at radius 3 is 2.50 bits per heavy atom. The van der Waals surface area contributed by atoms with Crippen LogP contribution < -0.4 is 4.74 Å². The summed E-state index contributed by atoms with van der Waals surface area (Å²) in [4.78, 5) is 10.5. The lowest BCUT2D eigenvalue weighted by Gasteiger charge is -2.07. The van der Waals surface area contributed by atoms with E-state index >= 15 is 0 Å². The Kier molecular flexibility index (Phi) is 4.10. The Balaban J connectivity index is 2.12. The predicted molar refractivity (Wildman–Crippen MR) is 69.1 cm³/mol. The summed E-state index contributed by atoms with van der Waals surface area (Å²) in [6.45, 7) is 0.557. The largest absolute Gasteiger partial charge is 0.457 e. The summed E-state index contributed by atoms with van der Waals surface area (Å²) in [6.07, 6.45) is 0.809. The zero-order valence-corrected chi connectivity index (χ0v) is 10.1. The van der Waals surface area contributed by atoms with Crippen molar-refractivity contribution in [3.05, 3.63) is 59.7 Å². The van der Waals surface area contributed by atoms with Crippen molar-refractivity contribution < 1.29 is 14.3 Å². The molecule has 0 bridgehead atoms. The van der Waals surface area contributed by atoms with Crippen molar-refractivity contribution in [1.29, 1.82) is 0 Å². The maximum absolute atomic E-state index is 10.5. The fraction of sp³-hybridized carbons (Fsp3) is 0.133. The van der Waals surface area contributed by atoms with Gasteiger partial charge in [-0.2, -0.15) is 0 Å². The van der Waals surface area contributed by atoms with Crippen LogP contribution in [0.3, 0.4) is 0 Å². The monoisotopic (exact) mass is 242 g/mol. The number of carbonyl (C=O) groups excluding carboxylic acids is 1. The molecule has 0 N–H and O–H groups in total. The molecule has 3 nitrogen and oxygen atoms in total. The number of hydrogen-bond acceptors (Lipinski definition) is 3.